The number of ether oxygens (including phenoxy) is 2. The second-order valence-corrected chi connectivity index (χ2v) is 4.82. The summed E-state index contributed by atoms with van der Waals surface area (Å²) in [4.78, 5) is 15.8. The van der Waals surface area contributed by atoms with Crippen molar-refractivity contribution < 1.29 is 14.3 Å². The molecule has 0 radical (unpaired) electrons. The van der Waals surface area contributed by atoms with Gasteiger partial charge >= 0.3 is 5.97 Å². The number of nitrogens with zero attached hydrogens (tertiary/aromatic N) is 1. The highest BCUT2D eigenvalue weighted by molar-refractivity contribution is 7.09. The van der Waals surface area contributed by atoms with Crippen LogP contribution in [0, 0.1) is 0 Å². The number of aromatic nitrogens is 1. The van der Waals surface area contributed by atoms with Crippen LogP contribution in [0.25, 0.3) is 0 Å². The van der Waals surface area contributed by atoms with Crippen LogP contribution in [0.3, 0.4) is 0 Å². The average Bonchev–Trinajstić information content (AvgIpc) is 2.88. The molecular weight excluding hydrogens is 262 g/mol. The Morgan fingerprint density at radius 3 is 3.00 bits per heavy atom. The standard InChI is InChI=1S/C14H15NO3S/c1-3-18-14(16)12-9-19-13(15-12)8-10-5-4-6-11(7-10)17-2/h4-7,9H,3,8H2,1-2H3. The smallest absolute Gasteiger partial charge is 0.357 e. The lowest BCUT2D eigenvalue weighted by Gasteiger charge is -2.02. The maximum Gasteiger partial charge on any atom is 0.357 e. The van der Waals surface area contributed by atoms with Gasteiger partial charge in [0, 0.05) is 11.8 Å². The monoisotopic (exact) mass is 277 g/mol. The fourth-order valence-electron chi connectivity index (χ4n) is 1.65. The molecule has 2 rings (SSSR count). The summed E-state index contributed by atoms with van der Waals surface area (Å²) in [5.74, 6) is 0.454. The fraction of sp³-hybridized carbons (Fsp3) is 0.286. The minimum Gasteiger partial charge on any atom is -0.497 e. The lowest BCUT2D eigenvalue weighted by atomic mass is 10.1. The molecule has 4 nitrogen and oxygen atoms in total. The molecule has 2 aromatic rings. The molecule has 5 heteroatoms. The highest BCUT2D eigenvalue weighted by Gasteiger charge is 2.11. The van der Waals surface area contributed by atoms with E-state index >= 15 is 0 Å². The third-order valence-corrected chi connectivity index (χ3v) is 3.37. The van der Waals surface area contributed by atoms with Crippen LogP contribution < -0.4 is 4.74 Å². The molecule has 0 fully saturated rings. The Morgan fingerprint density at radius 2 is 2.26 bits per heavy atom. The lowest BCUT2D eigenvalue weighted by molar-refractivity contribution is 0.0520. The number of esters is 1. The van der Waals surface area contributed by atoms with Crippen LogP contribution in [-0.2, 0) is 11.2 Å². The Hall–Kier alpha value is -1.88. The molecule has 0 spiro atoms. The fourth-order valence-corrected chi connectivity index (χ4v) is 2.45. The summed E-state index contributed by atoms with van der Waals surface area (Å²) in [7, 11) is 1.64. The summed E-state index contributed by atoms with van der Waals surface area (Å²) in [6.45, 7) is 2.14. The van der Waals surface area contributed by atoms with E-state index in [0.717, 1.165) is 16.3 Å². The topological polar surface area (TPSA) is 48.4 Å². The van der Waals surface area contributed by atoms with Crippen LogP contribution in [0.15, 0.2) is 29.6 Å². The first-order chi connectivity index (χ1) is 9.22. The summed E-state index contributed by atoms with van der Waals surface area (Å²) in [6, 6.07) is 7.81. The molecule has 1 aromatic heterocycles. The van der Waals surface area contributed by atoms with E-state index in [9.17, 15) is 4.79 Å². The third-order valence-electron chi connectivity index (χ3n) is 2.53. The molecule has 0 unspecified atom stereocenters. The Labute approximate surface area is 116 Å². The summed E-state index contributed by atoms with van der Waals surface area (Å²) >= 11 is 1.46. The first-order valence-corrected chi connectivity index (χ1v) is 6.85. The molecule has 1 heterocycles. The molecule has 1 aromatic carbocycles. The van der Waals surface area contributed by atoms with Gasteiger partial charge in [0.1, 0.15) is 5.75 Å². The van der Waals surface area contributed by atoms with Gasteiger partial charge in [-0.15, -0.1) is 11.3 Å². The van der Waals surface area contributed by atoms with Crippen molar-refractivity contribution in [3.05, 3.63) is 45.9 Å². The van der Waals surface area contributed by atoms with Gasteiger partial charge in [0.15, 0.2) is 5.69 Å². The van der Waals surface area contributed by atoms with Gasteiger partial charge in [-0.3, -0.25) is 0 Å². The Balaban J connectivity index is 2.09. The molecule has 0 saturated carbocycles. The quantitative estimate of drug-likeness (QED) is 0.788. The second kappa shape index (κ2) is 6.33. The zero-order valence-electron chi connectivity index (χ0n) is 10.9. The third kappa shape index (κ3) is 3.54. The summed E-state index contributed by atoms with van der Waals surface area (Å²) in [5, 5.41) is 2.62. The molecule has 0 amide bonds. The van der Waals surface area contributed by atoms with Crippen LogP contribution in [0.5, 0.6) is 5.75 Å². The zero-order valence-corrected chi connectivity index (χ0v) is 11.7. The number of hydrogen-bond donors (Lipinski definition) is 0. The first-order valence-electron chi connectivity index (χ1n) is 5.97. The maximum absolute atomic E-state index is 11.5. The van der Waals surface area contributed by atoms with Crippen molar-refractivity contribution in [1.29, 1.82) is 0 Å². The van der Waals surface area contributed by atoms with Gasteiger partial charge in [0.25, 0.3) is 0 Å². The van der Waals surface area contributed by atoms with Crippen molar-refractivity contribution in [2.75, 3.05) is 13.7 Å². The number of carbonyl (C=O) groups excluding carboxylic acids is 1. The minimum absolute atomic E-state index is 0.363. The van der Waals surface area contributed by atoms with Crippen molar-refractivity contribution in [2.24, 2.45) is 0 Å². The van der Waals surface area contributed by atoms with Gasteiger partial charge in [-0.05, 0) is 24.6 Å². The summed E-state index contributed by atoms with van der Waals surface area (Å²) in [6.07, 6.45) is 0.682. The highest BCUT2D eigenvalue weighted by atomic mass is 32.1. The van der Waals surface area contributed by atoms with Crippen molar-refractivity contribution >= 4 is 17.3 Å². The van der Waals surface area contributed by atoms with Crippen LogP contribution in [-0.4, -0.2) is 24.7 Å². The van der Waals surface area contributed by atoms with Gasteiger partial charge in [-0.2, -0.15) is 0 Å². The molecule has 0 aliphatic carbocycles. The van der Waals surface area contributed by atoms with Crippen LogP contribution in [0.1, 0.15) is 28.0 Å². The number of carbonyl (C=O) groups is 1. The van der Waals surface area contributed by atoms with E-state index in [1.807, 2.05) is 24.3 Å². The Morgan fingerprint density at radius 1 is 1.42 bits per heavy atom. The predicted octanol–water partition coefficient (Wildman–Crippen LogP) is 2.92. The maximum atomic E-state index is 11.5. The van der Waals surface area contributed by atoms with E-state index in [2.05, 4.69) is 4.98 Å². The average molecular weight is 277 g/mol. The van der Waals surface area contributed by atoms with Gasteiger partial charge in [0.05, 0.1) is 18.7 Å². The van der Waals surface area contributed by atoms with Crippen LogP contribution >= 0.6 is 11.3 Å². The van der Waals surface area contributed by atoms with Gasteiger partial charge in [-0.25, -0.2) is 9.78 Å². The normalized spacial score (nSPS) is 10.2. The Bertz CT molecular complexity index is 565. The summed E-state index contributed by atoms with van der Waals surface area (Å²) < 4.78 is 10.1. The van der Waals surface area contributed by atoms with Gasteiger partial charge < -0.3 is 9.47 Å². The first kappa shape index (κ1) is 13.5. The molecule has 0 aliphatic heterocycles. The number of thiazole rings is 1. The molecule has 0 N–H and O–H groups in total. The number of rotatable bonds is 5. The predicted molar refractivity (Wildman–Crippen MR) is 73.9 cm³/mol. The molecule has 0 atom stereocenters. The van der Waals surface area contributed by atoms with E-state index in [-0.39, 0.29) is 5.97 Å². The minimum atomic E-state index is -0.365. The summed E-state index contributed by atoms with van der Waals surface area (Å²) in [5.41, 5.74) is 1.48. The Kier molecular flexibility index (Phi) is 4.52. The van der Waals surface area contributed by atoms with Crippen molar-refractivity contribution in [3.63, 3.8) is 0 Å². The second-order valence-electron chi connectivity index (χ2n) is 3.88. The molecule has 0 saturated heterocycles. The van der Waals surface area contributed by atoms with Crippen LogP contribution in [0.2, 0.25) is 0 Å². The van der Waals surface area contributed by atoms with Crippen molar-refractivity contribution in [1.82, 2.24) is 4.98 Å². The molecule has 100 valence electrons. The van der Waals surface area contributed by atoms with Crippen molar-refractivity contribution in [3.8, 4) is 5.75 Å². The lowest BCUT2D eigenvalue weighted by Crippen LogP contribution is -2.05. The molecule has 0 aliphatic rings. The van der Waals surface area contributed by atoms with E-state index in [1.54, 1.807) is 19.4 Å². The highest BCUT2D eigenvalue weighted by Crippen LogP contribution is 2.19. The van der Waals surface area contributed by atoms with E-state index in [1.165, 1.54) is 11.3 Å². The molecule has 19 heavy (non-hydrogen) atoms. The SMILES string of the molecule is CCOC(=O)c1csc(Cc2cccc(OC)c2)n1. The number of benzene rings is 1. The molecule has 0 bridgehead atoms. The molecular formula is C14H15NO3S. The van der Waals surface area contributed by atoms with E-state index in [0.29, 0.717) is 18.7 Å². The van der Waals surface area contributed by atoms with E-state index < -0.39 is 0 Å². The largest absolute Gasteiger partial charge is 0.497 e. The number of hydrogen-bond acceptors (Lipinski definition) is 5. The van der Waals surface area contributed by atoms with Gasteiger partial charge in [0.2, 0.25) is 0 Å². The van der Waals surface area contributed by atoms with Crippen LogP contribution in [0.4, 0.5) is 0 Å². The number of methoxy groups -OCH3 is 1. The van der Waals surface area contributed by atoms with Gasteiger partial charge in [-0.1, -0.05) is 12.1 Å². The van der Waals surface area contributed by atoms with Crippen molar-refractivity contribution in [2.45, 2.75) is 13.3 Å². The van der Waals surface area contributed by atoms with E-state index in [4.69, 9.17) is 9.47 Å². The zero-order chi connectivity index (χ0) is 13.7.